The van der Waals surface area contributed by atoms with Crippen molar-refractivity contribution in [2.24, 2.45) is 0 Å². The molecule has 0 unspecified atom stereocenters. The summed E-state index contributed by atoms with van der Waals surface area (Å²) in [6, 6.07) is 3.04. The molecule has 0 N–H and O–H groups in total. The molecule has 0 fully saturated rings. The van der Waals surface area contributed by atoms with Crippen LogP contribution in [0.25, 0.3) is 0 Å². The zero-order chi connectivity index (χ0) is 11.3. The Balaban J connectivity index is 3.05. The first-order valence-electron chi connectivity index (χ1n) is 4.57. The van der Waals surface area contributed by atoms with Gasteiger partial charge in [0.1, 0.15) is 12.0 Å². The van der Waals surface area contributed by atoms with E-state index in [0.717, 1.165) is 6.29 Å². The summed E-state index contributed by atoms with van der Waals surface area (Å²) in [6.45, 7) is 0. The van der Waals surface area contributed by atoms with Crippen LogP contribution in [0.15, 0.2) is 12.1 Å². The molecule has 0 aliphatic heterocycles. The average molecular weight is 212 g/mol. The van der Waals surface area contributed by atoms with Crippen molar-refractivity contribution in [3.63, 3.8) is 0 Å². The Kier molecular flexibility index (Phi) is 4.09. The Morgan fingerprint density at radius 1 is 1.33 bits per heavy atom. The fraction of sp³-hybridized carbons (Fsp3) is 0.364. The Morgan fingerprint density at radius 3 is 2.60 bits per heavy atom. The minimum absolute atomic E-state index is 0.134. The van der Waals surface area contributed by atoms with E-state index in [1.165, 1.54) is 20.3 Å². The second-order valence-electron chi connectivity index (χ2n) is 3.01. The molecule has 0 saturated heterocycles. The Bertz CT molecular complexity index is 350. The van der Waals surface area contributed by atoms with Crippen molar-refractivity contribution in [3.8, 4) is 11.5 Å². The number of ether oxygens (including phenoxy) is 2. The van der Waals surface area contributed by atoms with Crippen LogP contribution in [0.3, 0.4) is 0 Å². The van der Waals surface area contributed by atoms with E-state index in [2.05, 4.69) is 0 Å². The van der Waals surface area contributed by atoms with E-state index < -0.39 is 5.82 Å². The summed E-state index contributed by atoms with van der Waals surface area (Å²) >= 11 is 0. The molecule has 1 aromatic rings. The summed E-state index contributed by atoms with van der Waals surface area (Å²) < 4.78 is 23.5. The number of benzene rings is 1. The monoisotopic (exact) mass is 212 g/mol. The van der Waals surface area contributed by atoms with E-state index in [9.17, 15) is 9.18 Å². The first-order chi connectivity index (χ1) is 7.22. The van der Waals surface area contributed by atoms with Gasteiger partial charge in [0.15, 0.2) is 11.6 Å². The number of aryl methyl sites for hydroxylation is 1. The van der Waals surface area contributed by atoms with Gasteiger partial charge in [-0.05, 0) is 18.1 Å². The van der Waals surface area contributed by atoms with Crippen LogP contribution in [-0.2, 0) is 11.2 Å². The number of halogens is 1. The maximum atomic E-state index is 13.6. The number of aldehydes is 1. The van der Waals surface area contributed by atoms with Crippen LogP contribution in [0.2, 0.25) is 0 Å². The molecule has 0 radical (unpaired) electrons. The molecule has 1 rings (SSSR count). The van der Waals surface area contributed by atoms with Gasteiger partial charge in [0, 0.05) is 12.5 Å². The lowest BCUT2D eigenvalue weighted by Gasteiger charge is -2.09. The fourth-order valence-electron chi connectivity index (χ4n) is 1.29. The topological polar surface area (TPSA) is 35.5 Å². The molecule has 0 aliphatic carbocycles. The molecule has 3 nitrogen and oxygen atoms in total. The SMILES string of the molecule is COc1cc(CCC=O)c(F)c(OC)c1. The highest BCUT2D eigenvalue weighted by atomic mass is 19.1. The number of rotatable bonds is 5. The van der Waals surface area contributed by atoms with Crippen molar-refractivity contribution < 1.29 is 18.7 Å². The number of carbonyl (C=O) groups excluding carboxylic acids is 1. The average Bonchev–Trinajstić information content (AvgIpc) is 2.27. The lowest BCUT2D eigenvalue weighted by Crippen LogP contribution is -1.97. The predicted octanol–water partition coefficient (Wildman–Crippen LogP) is 1.97. The second-order valence-corrected chi connectivity index (χ2v) is 3.01. The second kappa shape index (κ2) is 5.34. The molecule has 82 valence electrons. The third-order valence-electron chi connectivity index (χ3n) is 2.08. The van der Waals surface area contributed by atoms with Gasteiger partial charge in [-0.3, -0.25) is 0 Å². The lowest BCUT2D eigenvalue weighted by atomic mass is 10.1. The van der Waals surface area contributed by atoms with Gasteiger partial charge in [0.25, 0.3) is 0 Å². The first kappa shape index (κ1) is 11.5. The number of hydrogen-bond acceptors (Lipinski definition) is 3. The number of hydrogen-bond donors (Lipinski definition) is 0. The minimum atomic E-state index is -0.430. The molecule has 0 saturated carbocycles. The van der Waals surface area contributed by atoms with Gasteiger partial charge < -0.3 is 14.3 Å². The highest BCUT2D eigenvalue weighted by Crippen LogP contribution is 2.27. The zero-order valence-corrected chi connectivity index (χ0v) is 8.75. The van der Waals surface area contributed by atoms with Gasteiger partial charge in [-0.15, -0.1) is 0 Å². The molecule has 0 atom stereocenters. The highest BCUT2D eigenvalue weighted by Gasteiger charge is 2.11. The Morgan fingerprint density at radius 2 is 2.07 bits per heavy atom. The molecule has 1 aromatic carbocycles. The van der Waals surface area contributed by atoms with Gasteiger partial charge in [0.2, 0.25) is 0 Å². The maximum absolute atomic E-state index is 13.6. The van der Waals surface area contributed by atoms with Crippen LogP contribution in [0.4, 0.5) is 4.39 Å². The zero-order valence-electron chi connectivity index (χ0n) is 8.75. The number of carbonyl (C=O) groups is 1. The summed E-state index contributed by atoms with van der Waals surface area (Å²) in [6.07, 6.45) is 1.39. The van der Waals surface area contributed by atoms with Gasteiger partial charge in [-0.25, -0.2) is 4.39 Å². The largest absolute Gasteiger partial charge is 0.497 e. The summed E-state index contributed by atoms with van der Waals surface area (Å²) in [4.78, 5) is 10.2. The van der Waals surface area contributed by atoms with E-state index in [4.69, 9.17) is 9.47 Å². The third kappa shape index (κ3) is 2.68. The normalized spacial score (nSPS) is 9.80. The van der Waals surface area contributed by atoms with Gasteiger partial charge in [-0.1, -0.05) is 0 Å². The molecular weight excluding hydrogens is 199 g/mol. The lowest BCUT2D eigenvalue weighted by molar-refractivity contribution is -0.107. The van der Waals surface area contributed by atoms with E-state index in [-0.39, 0.29) is 12.2 Å². The van der Waals surface area contributed by atoms with Gasteiger partial charge >= 0.3 is 0 Å². The van der Waals surface area contributed by atoms with Crippen molar-refractivity contribution in [3.05, 3.63) is 23.5 Å². The predicted molar refractivity (Wildman–Crippen MR) is 53.9 cm³/mol. The maximum Gasteiger partial charge on any atom is 0.168 e. The molecule has 15 heavy (non-hydrogen) atoms. The van der Waals surface area contributed by atoms with E-state index >= 15 is 0 Å². The molecule has 0 amide bonds. The summed E-state index contributed by atoms with van der Waals surface area (Å²) in [5.74, 6) is 0.226. The van der Waals surface area contributed by atoms with Crippen LogP contribution < -0.4 is 9.47 Å². The third-order valence-corrected chi connectivity index (χ3v) is 2.08. The molecule has 0 aliphatic rings. The Labute approximate surface area is 87.8 Å². The summed E-state index contributed by atoms with van der Waals surface area (Å²) in [7, 11) is 2.89. The summed E-state index contributed by atoms with van der Waals surface area (Å²) in [5.41, 5.74) is 0.429. The molecule has 4 heteroatoms. The van der Waals surface area contributed by atoms with E-state index in [1.807, 2.05) is 0 Å². The molecule has 0 aromatic heterocycles. The van der Waals surface area contributed by atoms with Crippen molar-refractivity contribution >= 4 is 6.29 Å². The van der Waals surface area contributed by atoms with Crippen LogP contribution in [0.1, 0.15) is 12.0 Å². The van der Waals surface area contributed by atoms with Gasteiger partial charge in [0.05, 0.1) is 14.2 Å². The van der Waals surface area contributed by atoms with Gasteiger partial charge in [-0.2, -0.15) is 0 Å². The van der Waals surface area contributed by atoms with E-state index in [1.54, 1.807) is 6.07 Å². The van der Waals surface area contributed by atoms with Crippen LogP contribution in [0, 0.1) is 5.82 Å². The molecule has 0 spiro atoms. The highest BCUT2D eigenvalue weighted by molar-refractivity contribution is 5.51. The van der Waals surface area contributed by atoms with Crippen molar-refractivity contribution in [1.82, 2.24) is 0 Å². The molecule has 0 heterocycles. The van der Waals surface area contributed by atoms with Crippen molar-refractivity contribution in [1.29, 1.82) is 0 Å². The number of methoxy groups -OCH3 is 2. The smallest absolute Gasteiger partial charge is 0.168 e. The van der Waals surface area contributed by atoms with E-state index in [0.29, 0.717) is 17.7 Å². The summed E-state index contributed by atoms with van der Waals surface area (Å²) in [5, 5.41) is 0. The van der Waals surface area contributed by atoms with Crippen LogP contribution >= 0.6 is 0 Å². The van der Waals surface area contributed by atoms with Crippen LogP contribution in [-0.4, -0.2) is 20.5 Å². The standard InChI is InChI=1S/C11H13FO3/c1-14-9-6-8(4-3-5-13)11(12)10(7-9)15-2/h5-7H,3-4H2,1-2H3. The fourth-order valence-corrected chi connectivity index (χ4v) is 1.29. The molecular formula is C11H13FO3. The first-order valence-corrected chi connectivity index (χ1v) is 4.57. The molecule has 0 bridgehead atoms. The quantitative estimate of drug-likeness (QED) is 0.700. The van der Waals surface area contributed by atoms with Crippen molar-refractivity contribution in [2.75, 3.05) is 14.2 Å². The van der Waals surface area contributed by atoms with Crippen LogP contribution in [0.5, 0.6) is 11.5 Å². The Hall–Kier alpha value is -1.58. The minimum Gasteiger partial charge on any atom is -0.497 e. The van der Waals surface area contributed by atoms with Crippen molar-refractivity contribution in [2.45, 2.75) is 12.8 Å².